The normalized spacial score (nSPS) is 11.2. The summed E-state index contributed by atoms with van der Waals surface area (Å²) < 4.78 is 30.1. The van der Waals surface area contributed by atoms with Crippen LogP contribution in [0.2, 0.25) is 0 Å². The molecule has 0 unspecified atom stereocenters. The summed E-state index contributed by atoms with van der Waals surface area (Å²) in [6.45, 7) is 0. The molecule has 0 bridgehead atoms. The van der Waals surface area contributed by atoms with E-state index in [-0.39, 0.29) is 16.5 Å². The molecule has 0 radical (unpaired) electrons. The zero-order valence-corrected chi connectivity index (χ0v) is 8.68. The molecular formula is C7H7N5O3S. The molecular weight excluding hydrogens is 234 g/mol. The molecule has 0 aliphatic rings. The maximum atomic E-state index is 11.7. The van der Waals surface area contributed by atoms with Crippen LogP contribution in [-0.2, 0) is 10.0 Å². The van der Waals surface area contributed by atoms with Crippen molar-refractivity contribution in [3.05, 3.63) is 24.9 Å². The topological polar surface area (TPSA) is 124 Å². The molecule has 3 N–H and O–H groups in total. The molecule has 0 spiro atoms. The molecule has 2 heterocycles. The van der Waals surface area contributed by atoms with E-state index in [0.717, 1.165) is 18.7 Å². The summed E-state index contributed by atoms with van der Waals surface area (Å²) in [6.07, 6.45) is 4.61. The van der Waals surface area contributed by atoms with Crippen molar-refractivity contribution >= 4 is 21.7 Å². The first-order valence-electron chi connectivity index (χ1n) is 4.08. The average molecular weight is 241 g/mol. The summed E-state index contributed by atoms with van der Waals surface area (Å²) in [6, 6.07) is 0. The van der Waals surface area contributed by atoms with E-state index >= 15 is 0 Å². The van der Waals surface area contributed by atoms with E-state index in [2.05, 4.69) is 24.4 Å². The van der Waals surface area contributed by atoms with Crippen molar-refractivity contribution in [2.45, 2.75) is 4.90 Å². The SMILES string of the molecule is Nc1ncc(S(=O)(=O)Nc2cnoc2)cn1. The predicted molar refractivity (Wildman–Crippen MR) is 53.8 cm³/mol. The van der Waals surface area contributed by atoms with Crippen molar-refractivity contribution in [1.29, 1.82) is 0 Å². The van der Waals surface area contributed by atoms with Crippen molar-refractivity contribution in [2.75, 3.05) is 10.5 Å². The van der Waals surface area contributed by atoms with Gasteiger partial charge in [-0.15, -0.1) is 0 Å². The summed E-state index contributed by atoms with van der Waals surface area (Å²) in [4.78, 5) is 7.07. The van der Waals surface area contributed by atoms with Crippen LogP contribution in [0.15, 0.2) is 34.3 Å². The minimum atomic E-state index is -3.73. The fourth-order valence-corrected chi connectivity index (χ4v) is 1.85. The molecule has 2 aromatic heterocycles. The van der Waals surface area contributed by atoms with Crippen LogP contribution >= 0.6 is 0 Å². The Morgan fingerprint density at radius 3 is 2.50 bits per heavy atom. The highest BCUT2D eigenvalue weighted by Crippen LogP contribution is 2.13. The molecule has 9 heteroatoms. The van der Waals surface area contributed by atoms with E-state index in [1.54, 1.807) is 0 Å². The van der Waals surface area contributed by atoms with Gasteiger partial charge in [-0.05, 0) is 0 Å². The van der Waals surface area contributed by atoms with Crippen LogP contribution in [0, 0.1) is 0 Å². The molecule has 8 nitrogen and oxygen atoms in total. The standard InChI is InChI=1S/C7H7N5O3S/c8-7-9-2-6(3-10-7)16(13,14)12-5-1-11-15-4-5/h1-4,12H,(H2,8,9,10). The molecule has 0 amide bonds. The number of rotatable bonds is 3. The van der Waals surface area contributed by atoms with Crippen molar-refractivity contribution in [2.24, 2.45) is 0 Å². The van der Waals surface area contributed by atoms with Gasteiger partial charge in [0.15, 0.2) is 0 Å². The number of nitrogens with one attached hydrogen (secondary N) is 1. The highest BCUT2D eigenvalue weighted by Gasteiger charge is 2.15. The van der Waals surface area contributed by atoms with Gasteiger partial charge in [-0.25, -0.2) is 18.4 Å². The lowest BCUT2D eigenvalue weighted by Crippen LogP contribution is -2.13. The van der Waals surface area contributed by atoms with Gasteiger partial charge in [0, 0.05) is 0 Å². The maximum absolute atomic E-state index is 11.7. The second-order valence-electron chi connectivity index (χ2n) is 2.80. The summed E-state index contributed by atoms with van der Waals surface area (Å²) >= 11 is 0. The van der Waals surface area contributed by atoms with Gasteiger partial charge >= 0.3 is 0 Å². The summed E-state index contributed by atoms with van der Waals surface area (Å²) in [7, 11) is -3.73. The number of hydrogen-bond donors (Lipinski definition) is 2. The number of sulfonamides is 1. The first kappa shape index (κ1) is 10.4. The van der Waals surface area contributed by atoms with Gasteiger partial charge in [-0.3, -0.25) is 4.72 Å². The molecule has 0 aliphatic carbocycles. The van der Waals surface area contributed by atoms with Gasteiger partial charge in [0.05, 0.1) is 18.6 Å². The lowest BCUT2D eigenvalue weighted by atomic mass is 10.6. The Morgan fingerprint density at radius 1 is 1.25 bits per heavy atom. The Kier molecular flexibility index (Phi) is 2.44. The third-order valence-electron chi connectivity index (χ3n) is 1.64. The van der Waals surface area contributed by atoms with Crippen LogP contribution in [0.3, 0.4) is 0 Å². The third kappa shape index (κ3) is 2.08. The molecule has 2 rings (SSSR count). The van der Waals surface area contributed by atoms with Crippen molar-refractivity contribution < 1.29 is 12.9 Å². The largest absolute Gasteiger partial charge is 0.368 e. The number of nitrogens with zero attached hydrogens (tertiary/aromatic N) is 3. The zero-order chi connectivity index (χ0) is 11.6. The van der Waals surface area contributed by atoms with E-state index in [4.69, 9.17) is 5.73 Å². The first-order valence-corrected chi connectivity index (χ1v) is 5.56. The summed E-state index contributed by atoms with van der Waals surface area (Å²) in [5.74, 6) is 0.00364. The number of aromatic nitrogens is 3. The second kappa shape index (κ2) is 3.77. The van der Waals surface area contributed by atoms with Gasteiger partial charge < -0.3 is 10.3 Å². The Hall–Kier alpha value is -2.16. The van der Waals surface area contributed by atoms with Crippen molar-refractivity contribution in [1.82, 2.24) is 15.1 Å². The van der Waals surface area contributed by atoms with Crippen LogP contribution in [0.4, 0.5) is 11.6 Å². The van der Waals surface area contributed by atoms with E-state index in [1.165, 1.54) is 6.20 Å². The van der Waals surface area contributed by atoms with Gasteiger partial charge in [-0.2, -0.15) is 0 Å². The number of nitrogens with two attached hydrogens (primary N) is 1. The van der Waals surface area contributed by atoms with Crippen LogP contribution < -0.4 is 10.5 Å². The first-order chi connectivity index (χ1) is 7.58. The van der Waals surface area contributed by atoms with Gasteiger partial charge in [0.25, 0.3) is 10.0 Å². The lowest BCUT2D eigenvalue weighted by Gasteiger charge is -2.03. The van der Waals surface area contributed by atoms with Crippen molar-refractivity contribution in [3.8, 4) is 0 Å². The average Bonchev–Trinajstić information content (AvgIpc) is 2.70. The van der Waals surface area contributed by atoms with E-state index < -0.39 is 10.0 Å². The summed E-state index contributed by atoms with van der Waals surface area (Å²) in [5, 5.41) is 3.36. The predicted octanol–water partition coefficient (Wildman–Crippen LogP) is -0.152. The Morgan fingerprint density at radius 2 is 1.94 bits per heavy atom. The van der Waals surface area contributed by atoms with Crippen LogP contribution in [0.5, 0.6) is 0 Å². The van der Waals surface area contributed by atoms with Crippen LogP contribution in [0.1, 0.15) is 0 Å². The third-order valence-corrected chi connectivity index (χ3v) is 2.98. The Bertz CT molecular complexity index is 563. The maximum Gasteiger partial charge on any atom is 0.265 e. The molecule has 0 fully saturated rings. The molecule has 0 saturated carbocycles. The number of anilines is 2. The van der Waals surface area contributed by atoms with Crippen LogP contribution in [-0.4, -0.2) is 23.5 Å². The lowest BCUT2D eigenvalue weighted by molar-refractivity contribution is 0.420. The number of hydrogen-bond acceptors (Lipinski definition) is 7. The molecule has 0 atom stereocenters. The summed E-state index contributed by atoms with van der Waals surface area (Å²) in [5.41, 5.74) is 5.46. The Balaban J connectivity index is 2.29. The minimum Gasteiger partial charge on any atom is -0.368 e. The fraction of sp³-hybridized carbons (Fsp3) is 0. The quantitative estimate of drug-likeness (QED) is 0.765. The van der Waals surface area contributed by atoms with Gasteiger partial charge in [-0.1, -0.05) is 5.16 Å². The molecule has 0 aromatic carbocycles. The zero-order valence-electron chi connectivity index (χ0n) is 7.86. The highest BCUT2D eigenvalue weighted by atomic mass is 32.2. The number of nitrogen functional groups attached to an aromatic ring is 1. The Labute approximate surface area is 90.5 Å². The molecule has 84 valence electrons. The molecule has 2 aromatic rings. The van der Waals surface area contributed by atoms with Crippen molar-refractivity contribution in [3.63, 3.8) is 0 Å². The van der Waals surface area contributed by atoms with E-state index in [0.29, 0.717) is 0 Å². The monoisotopic (exact) mass is 241 g/mol. The minimum absolute atomic E-state index is 0.00364. The van der Waals surface area contributed by atoms with Crippen LogP contribution in [0.25, 0.3) is 0 Å². The molecule has 16 heavy (non-hydrogen) atoms. The van der Waals surface area contributed by atoms with Gasteiger partial charge in [0.2, 0.25) is 5.95 Å². The van der Waals surface area contributed by atoms with E-state index in [1.807, 2.05) is 0 Å². The molecule has 0 aliphatic heterocycles. The fourth-order valence-electron chi connectivity index (χ4n) is 0.934. The van der Waals surface area contributed by atoms with Gasteiger partial charge in [0.1, 0.15) is 16.8 Å². The molecule has 0 saturated heterocycles. The van der Waals surface area contributed by atoms with E-state index in [9.17, 15) is 8.42 Å². The smallest absolute Gasteiger partial charge is 0.265 e. The second-order valence-corrected chi connectivity index (χ2v) is 4.48. The highest BCUT2D eigenvalue weighted by molar-refractivity contribution is 7.92.